The van der Waals surface area contributed by atoms with Crippen LogP contribution in [0.15, 0.2) is 23.3 Å². The Bertz CT molecular complexity index is 370. The van der Waals surface area contributed by atoms with Gasteiger partial charge in [-0.3, -0.25) is 0 Å². The van der Waals surface area contributed by atoms with Gasteiger partial charge in [0.2, 0.25) is 0 Å². The number of carbonyl (C=O) groups is 1. The predicted molar refractivity (Wildman–Crippen MR) is 63.9 cm³/mol. The summed E-state index contributed by atoms with van der Waals surface area (Å²) in [6.07, 6.45) is 5.24. The number of cyclic esters (lactones) is 1. The number of ether oxygens (including phenoxy) is 1. The lowest BCUT2D eigenvalue weighted by atomic mass is 10.1. The molecule has 2 fully saturated rings. The van der Waals surface area contributed by atoms with Gasteiger partial charge in [0.15, 0.2) is 0 Å². The van der Waals surface area contributed by atoms with Crippen molar-refractivity contribution in [2.45, 2.75) is 34.1 Å². The molecule has 0 aromatic rings. The normalized spacial score (nSPS) is 33.8. The first kappa shape index (κ1) is 11.4. The van der Waals surface area contributed by atoms with Crippen molar-refractivity contribution in [3.63, 3.8) is 0 Å². The minimum absolute atomic E-state index is 0.112. The second-order valence-electron chi connectivity index (χ2n) is 5.69. The number of allylic oxidation sites excluding steroid dienone is 3. The van der Waals surface area contributed by atoms with Crippen LogP contribution in [0.25, 0.3) is 0 Å². The first-order valence-corrected chi connectivity index (χ1v) is 5.96. The van der Waals surface area contributed by atoms with Crippen LogP contribution in [-0.2, 0) is 9.53 Å². The van der Waals surface area contributed by atoms with E-state index in [1.807, 2.05) is 0 Å². The first-order valence-electron chi connectivity index (χ1n) is 5.96. The van der Waals surface area contributed by atoms with E-state index in [9.17, 15) is 4.79 Å². The van der Waals surface area contributed by atoms with E-state index in [-0.39, 0.29) is 5.97 Å². The van der Waals surface area contributed by atoms with Crippen molar-refractivity contribution in [2.24, 2.45) is 17.3 Å². The summed E-state index contributed by atoms with van der Waals surface area (Å²) in [7, 11) is 0. The zero-order chi connectivity index (χ0) is 11.9. The molecule has 2 atom stereocenters. The van der Waals surface area contributed by atoms with Crippen LogP contribution in [0.3, 0.4) is 0 Å². The smallest absolute Gasteiger partial charge is 0.333 e. The third-order valence-electron chi connectivity index (χ3n) is 3.76. The van der Waals surface area contributed by atoms with E-state index >= 15 is 0 Å². The molecule has 1 aliphatic carbocycles. The number of rotatable bonds is 2. The monoisotopic (exact) mass is 220 g/mol. The summed E-state index contributed by atoms with van der Waals surface area (Å²) in [6.45, 7) is 9.34. The maximum Gasteiger partial charge on any atom is 0.333 e. The Morgan fingerprint density at radius 3 is 2.56 bits per heavy atom. The second kappa shape index (κ2) is 3.76. The molecule has 0 aromatic heterocycles. The molecule has 0 amide bonds. The topological polar surface area (TPSA) is 26.3 Å². The lowest BCUT2D eigenvalue weighted by Crippen LogP contribution is -1.96. The largest absolute Gasteiger partial charge is 0.462 e. The Morgan fingerprint density at radius 2 is 2.06 bits per heavy atom. The van der Waals surface area contributed by atoms with Crippen LogP contribution >= 0.6 is 0 Å². The van der Waals surface area contributed by atoms with Crippen molar-refractivity contribution >= 4 is 5.97 Å². The summed E-state index contributed by atoms with van der Waals surface area (Å²) in [4.78, 5) is 11.4. The van der Waals surface area contributed by atoms with E-state index in [0.717, 1.165) is 12.0 Å². The quantitative estimate of drug-likeness (QED) is 0.406. The van der Waals surface area contributed by atoms with Gasteiger partial charge in [0.1, 0.15) is 0 Å². The Balaban J connectivity index is 2.13. The standard InChI is InChI=1S/C14H20O2/c1-9(2)7-11-12(14(11,3)4)8-10-5-6-16-13(10)15/h7-8,11-12H,5-6H2,1-4H3/b10-8+/t11-,12-/m1/s1. The van der Waals surface area contributed by atoms with E-state index in [2.05, 4.69) is 39.8 Å². The average Bonchev–Trinajstić information content (AvgIpc) is 2.55. The van der Waals surface area contributed by atoms with Gasteiger partial charge >= 0.3 is 5.97 Å². The Morgan fingerprint density at radius 1 is 1.38 bits per heavy atom. The van der Waals surface area contributed by atoms with Crippen molar-refractivity contribution in [1.29, 1.82) is 0 Å². The lowest BCUT2D eigenvalue weighted by molar-refractivity contribution is -0.135. The van der Waals surface area contributed by atoms with Crippen molar-refractivity contribution in [1.82, 2.24) is 0 Å². The highest BCUT2D eigenvalue weighted by atomic mass is 16.5. The van der Waals surface area contributed by atoms with E-state index in [0.29, 0.717) is 23.9 Å². The van der Waals surface area contributed by atoms with Gasteiger partial charge in [-0.15, -0.1) is 0 Å². The van der Waals surface area contributed by atoms with E-state index in [4.69, 9.17) is 4.74 Å². The summed E-state index contributed by atoms with van der Waals surface area (Å²) in [5, 5.41) is 0. The van der Waals surface area contributed by atoms with Gasteiger partial charge < -0.3 is 4.74 Å². The van der Waals surface area contributed by atoms with E-state index in [1.165, 1.54) is 5.57 Å². The highest BCUT2D eigenvalue weighted by molar-refractivity contribution is 5.90. The van der Waals surface area contributed by atoms with Crippen molar-refractivity contribution in [3.8, 4) is 0 Å². The molecule has 0 spiro atoms. The van der Waals surface area contributed by atoms with Crippen LogP contribution in [0.1, 0.15) is 34.1 Å². The van der Waals surface area contributed by atoms with Crippen molar-refractivity contribution < 1.29 is 9.53 Å². The fourth-order valence-electron chi connectivity index (χ4n) is 2.53. The fraction of sp³-hybridized carbons (Fsp3) is 0.643. The SMILES string of the molecule is CC(C)=C[C@@H]1[C@@H](/C=C2\CCOC2=O)C1(C)C. The van der Waals surface area contributed by atoms with Gasteiger partial charge in [-0.25, -0.2) is 4.79 Å². The summed E-state index contributed by atoms with van der Waals surface area (Å²) >= 11 is 0. The maximum atomic E-state index is 11.4. The molecule has 0 unspecified atom stereocenters. The van der Waals surface area contributed by atoms with E-state index in [1.54, 1.807) is 0 Å². The van der Waals surface area contributed by atoms with Crippen LogP contribution in [0.5, 0.6) is 0 Å². The average molecular weight is 220 g/mol. The third-order valence-corrected chi connectivity index (χ3v) is 3.76. The molecule has 1 heterocycles. The molecule has 1 aliphatic heterocycles. The Hall–Kier alpha value is -1.05. The number of hydrogen-bond acceptors (Lipinski definition) is 2. The number of hydrogen-bond donors (Lipinski definition) is 0. The third kappa shape index (κ3) is 1.93. The Kier molecular flexibility index (Phi) is 2.69. The maximum absolute atomic E-state index is 11.4. The molecule has 88 valence electrons. The Labute approximate surface area is 97.4 Å². The van der Waals surface area contributed by atoms with Gasteiger partial charge in [0, 0.05) is 12.0 Å². The van der Waals surface area contributed by atoms with Crippen LogP contribution in [0.2, 0.25) is 0 Å². The fourth-order valence-corrected chi connectivity index (χ4v) is 2.53. The zero-order valence-electron chi connectivity index (χ0n) is 10.5. The molecule has 0 radical (unpaired) electrons. The molecule has 1 saturated heterocycles. The van der Waals surface area contributed by atoms with Gasteiger partial charge in [-0.1, -0.05) is 31.6 Å². The summed E-state index contributed by atoms with van der Waals surface area (Å²) in [5.41, 5.74) is 2.53. The molecular weight excluding hydrogens is 200 g/mol. The minimum atomic E-state index is -0.112. The second-order valence-corrected chi connectivity index (χ2v) is 5.69. The molecule has 0 aromatic carbocycles. The van der Waals surface area contributed by atoms with E-state index < -0.39 is 0 Å². The van der Waals surface area contributed by atoms with Crippen molar-refractivity contribution in [3.05, 3.63) is 23.3 Å². The highest BCUT2D eigenvalue weighted by Crippen LogP contribution is 2.60. The number of esters is 1. The van der Waals surface area contributed by atoms with Crippen molar-refractivity contribution in [2.75, 3.05) is 6.61 Å². The first-order chi connectivity index (χ1) is 7.43. The molecule has 2 aliphatic rings. The predicted octanol–water partition coefficient (Wildman–Crippen LogP) is 3.10. The molecule has 1 saturated carbocycles. The molecule has 0 N–H and O–H groups in total. The van der Waals surface area contributed by atoms with Gasteiger partial charge in [0.05, 0.1) is 6.61 Å². The number of carbonyl (C=O) groups excluding carboxylic acids is 1. The van der Waals surface area contributed by atoms with Gasteiger partial charge in [-0.05, 0) is 31.1 Å². The summed E-state index contributed by atoms with van der Waals surface area (Å²) in [5.74, 6) is 0.972. The summed E-state index contributed by atoms with van der Waals surface area (Å²) < 4.78 is 4.96. The molecule has 2 nitrogen and oxygen atoms in total. The van der Waals surface area contributed by atoms with Gasteiger partial charge in [0.25, 0.3) is 0 Å². The van der Waals surface area contributed by atoms with Gasteiger partial charge in [-0.2, -0.15) is 0 Å². The highest BCUT2D eigenvalue weighted by Gasteiger charge is 2.55. The zero-order valence-corrected chi connectivity index (χ0v) is 10.5. The summed E-state index contributed by atoms with van der Waals surface area (Å²) in [6, 6.07) is 0. The van der Waals surface area contributed by atoms with Crippen LogP contribution in [0.4, 0.5) is 0 Å². The molecule has 0 bridgehead atoms. The molecule has 16 heavy (non-hydrogen) atoms. The molecule has 2 rings (SSSR count). The minimum Gasteiger partial charge on any atom is -0.462 e. The lowest BCUT2D eigenvalue weighted by Gasteiger charge is -1.98. The molecule has 2 heteroatoms. The van der Waals surface area contributed by atoms with Crippen LogP contribution in [-0.4, -0.2) is 12.6 Å². The molecular formula is C14H20O2. The van der Waals surface area contributed by atoms with Crippen LogP contribution in [0, 0.1) is 17.3 Å². The van der Waals surface area contributed by atoms with Crippen LogP contribution < -0.4 is 0 Å².